The summed E-state index contributed by atoms with van der Waals surface area (Å²) in [6.45, 7) is 3.95. The molecule has 0 spiro atoms. The van der Waals surface area contributed by atoms with Gasteiger partial charge >= 0.3 is 5.97 Å². The predicted octanol–water partition coefficient (Wildman–Crippen LogP) is 4.56. The summed E-state index contributed by atoms with van der Waals surface area (Å²) in [5.74, 6) is -1.67. The Hall–Kier alpha value is -4.31. The molecular formula is C27H26N4O5S. The summed E-state index contributed by atoms with van der Waals surface area (Å²) < 4.78 is 5.88. The van der Waals surface area contributed by atoms with Gasteiger partial charge in [0.05, 0.1) is 12.7 Å². The number of aromatic nitrogens is 2. The first-order valence-corrected chi connectivity index (χ1v) is 12.6. The third-order valence-corrected chi connectivity index (χ3v) is 6.75. The average molecular weight is 519 g/mol. The van der Waals surface area contributed by atoms with E-state index in [1.54, 1.807) is 24.3 Å². The lowest BCUT2D eigenvalue weighted by molar-refractivity contribution is 0.0600. The Kier molecular flexibility index (Phi) is 7.78. The van der Waals surface area contributed by atoms with Crippen LogP contribution in [-0.2, 0) is 17.6 Å². The highest BCUT2D eigenvalue weighted by Crippen LogP contribution is 2.25. The Bertz CT molecular complexity index is 1540. The summed E-state index contributed by atoms with van der Waals surface area (Å²) >= 11 is 0.971. The van der Waals surface area contributed by atoms with Gasteiger partial charge in [-0.3, -0.25) is 14.4 Å². The van der Waals surface area contributed by atoms with Crippen LogP contribution in [0.1, 0.15) is 62.0 Å². The number of thiazole rings is 1. The summed E-state index contributed by atoms with van der Waals surface area (Å²) in [6.07, 6.45) is 2.09. The zero-order valence-electron chi connectivity index (χ0n) is 20.7. The molecule has 0 aliphatic rings. The van der Waals surface area contributed by atoms with Crippen molar-refractivity contribution in [1.29, 1.82) is 0 Å². The van der Waals surface area contributed by atoms with Gasteiger partial charge in [-0.25, -0.2) is 14.2 Å². The van der Waals surface area contributed by atoms with E-state index in [1.165, 1.54) is 29.7 Å². The highest BCUT2D eigenvalue weighted by Gasteiger charge is 2.27. The number of aryl methyl sites for hydroxylation is 2. The number of rotatable bonds is 8. The molecule has 4 aromatic rings. The summed E-state index contributed by atoms with van der Waals surface area (Å²) in [5, 5.41) is 5.60. The maximum absolute atomic E-state index is 13.5. The monoisotopic (exact) mass is 518 g/mol. The van der Waals surface area contributed by atoms with Crippen molar-refractivity contribution in [3.05, 3.63) is 92.3 Å². The van der Waals surface area contributed by atoms with E-state index >= 15 is 0 Å². The Labute approximate surface area is 217 Å². The number of anilines is 2. The van der Waals surface area contributed by atoms with Crippen molar-refractivity contribution in [3.8, 4) is 0 Å². The van der Waals surface area contributed by atoms with Gasteiger partial charge in [-0.1, -0.05) is 49.8 Å². The second-order valence-corrected chi connectivity index (χ2v) is 9.20. The molecule has 0 unspecified atom stereocenters. The number of nitrogens with one attached hydrogen (secondary N) is 2. The van der Waals surface area contributed by atoms with Crippen LogP contribution in [0, 0.1) is 0 Å². The van der Waals surface area contributed by atoms with Crippen molar-refractivity contribution in [1.82, 2.24) is 9.38 Å². The van der Waals surface area contributed by atoms with Crippen molar-refractivity contribution >= 4 is 45.5 Å². The Morgan fingerprint density at radius 1 is 1.00 bits per heavy atom. The molecule has 0 aliphatic carbocycles. The number of ether oxygens (including phenoxy) is 1. The largest absolute Gasteiger partial charge is 0.465 e. The van der Waals surface area contributed by atoms with Crippen molar-refractivity contribution < 1.29 is 19.1 Å². The van der Waals surface area contributed by atoms with Crippen LogP contribution >= 0.6 is 11.3 Å². The highest BCUT2D eigenvalue weighted by molar-refractivity contribution is 7.19. The third-order valence-electron chi connectivity index (χ3n) is 5.71. The van der Waals surface area contributed by atoms with E-state index in [-0.39, 0.29) is 15.5 Å². The van der Waals surface area contributed by atoms with Gasteiger partial charge in [-0.15, -0.1) is 0 Å². The van der Waals surface area contributed by atoms with Crippen LogP contribution in [0.5, 0.6) is 0 Å². The van der Waals surface area contributed by atoms with Crippen molar-refractivity contribution in [2.24, 2.45) is 0 Å². The van der Waals surface area contributed by atoms with Gasteiger partial charge in [0, 0.05) is 23.1 Å². The predicted molar refractivity (Wildman–Crippen MR) is 143 cm³/mol. The standard InChI is InChI=1S/C27H26N4O5S/c1-4-8-19-15-21(32)31-22(24(33)30-20-10-7-6-9-16(20)5-2)23(37-27(31)29-19)25(34)28-18-13-11-17(12-14-18)26(35)36-3/h6-7,9-15H,4-5,8H2,1-3H3,(H,28,34)(H,30,33). The van der Waals surface area contributed by atoms with Gasteiger partial charge in [0.25, 0.3) is 17.4 Å². The number of para-hydroxylation sites is 1. The van der Waals surface area contributed by atoms with E-state index < -0.39 is 23.3 Å². The number of fused-ring (bicyclic) bond motifs is 1. The molecule has 9 nitrogen and oxygen atoms in total. The first kappa shape index (κ1) is 25.8. The Morgan fingerprint density at radius 3 is 2.41 bits per heavy atom. The third kappa shape index (κ3) is 5.44. The van der Waals surface area contributed by atoms with Crippen LogP contribution < -0.4 is 16.2 Å². The Balaban J connectivity index is 1.76. The van der Waals surface area contributed by atoms with Gasteiger partial charge in [0.2, 0.25) is 0 Å². The van der Waals surface area contributed by atoms with Crippen LogP contribution in [0.4, 0.5) is 11.4 Å². The van der Waals surface area contributed by atoms with E-state index in [0.717, 1.165) is 23.3 Å². The van der Waals surface area contributed by atoms with E-state index in [9.17, 15) is 19.2 Å². The number of esters is 1. The molecule has 2 N–H and O–H groups in total. The molecule has 2 amide bonds. The zero-order valence-corrected chi connectivity index (χ0v) is 21.5. The lowest BCUT2D eigenvalue weighted by Gasteiger charge is -2.11. The first-order valence-electron chi connectivity index (χ1n) is 11.8. The van der Waals surface area contributed by atoms with Crippen LogP contribution in [0.2, 0.25) is 0 Å². The smallest absolute Gasteiger partial charge is 0.337 e. The van der Waals surface area contributed by atoms with Crippen molar-refractivity contribution in [2.75, 3.05) is 17.7 Å². The minimum absolute atomic E-state index is 0.0433. The quantitative estimate of drug-likeness (QED) is 0.330. The molecule has 2 aromatic heterocycles. The number of amides is 2. The molecule has 0 saturated heterocycles. The molecule has 2 heterocycles. The maximum Gasteiger partial charge on any atom is 0.337 e. The number of hydrogen-bond acceptors (Lipinski definition) is 7. The molecular weight excluding hydrogens is 492 g/mol. The van der Waals surface area contributed by atoms with Crippen LogP contribution in [0.15, 0.2) is 59.4 Å². The summed E-state index contributed by atoms with van der Waals surface area (Å²) in [4.78, 5) is 56.5. The maximum atomic E-state index is 13.5. The molecule has 4 rings (SSSR count). The Morgan fingerprint density at radius 2 is 1.73 bits per heavy atom. The topological polar surface area (TPSA) is 119 Å². The first-order chi connectivity index (χ1) is 17.9. The molecule has 2 aromatic carbocycles. The van der Waals surface area contributed by atoms with Gasteiger partial charge in [-0.2, -0.15) is 0 Å². The van der Waals surface area contributed by atoms with Gasteiger partial charge in [0.1, 0.15) is 10.6 Å². The second-order valence-electron chi connectivity index (χ2n) is 8.22. The number of hydrogen-bond donors (Lipinski definition) is 2. The number of carbonyl (C=O) groups excluding carboxylic acids is 3. The number of benzene rings is 2. The van der Waals surface area contributed by atoms with Crippen LogP contribution in [0.25, 0.3) is 4.96 Å². The lowest BCUT2D eigenvalue weighted by atomic mass is 10.1. The minimum atomic E-state index is -0.592. The fourth-order valence-electron chi connectivity index (χ4n) is 3.89. The number of carbonyl (C=O) groups is 3. The zero-order chi connectivity index (χ0) is 26.5. The van der Waals surface area contributed by atoms with E-state index in [1.807, 2.05) is 26.0 Å². The minimum Gasteiger partial charge on any atom is -0.465 e. The SMILES string of the molecule is CCCc1cc(=O)n2c(C(=O)Nc3ccccc3CC)c(C(=O)Nc3ccc(C(=O)OC)cc3)sc2n1. The van der Waals surface area contributed by atoms with Crippen LogP contribution in [-0.4, -0.2) is 34.3 Å². The molecule has 0 radical (unpaired) electrons. The fraction of sp³-hybridized carbons (Fsp3) is 0.222. The van der Waals surface area contributed by atoms with Gasteiger partial charge in [-0.05, 0) is 48.7 Å². The van der Waals surface area contributed by atoms with Gasteiger partial charge in [0.15, 0.2) is 4.96 Å². The molecule has 10 heteroatoms. The number of methoxy groups -OCH3 is 1. The van der Waals surface area contributed by atoms with Crippen molar-refractivity contribution in [2.45, 2.75) is 33.1 Å². The second kappa shape index (κ2) is 11.2. The van der Waals surface area contributed by atoms with E-state index in [2.05, 4.69) is 15.6 Å². The molecule has 0 atom stereocenters. The summed E-state index contributed by atoms with van der Waals surface area (Å²) in [6, 6.07) is 14.9. The van der Waals surface area contributed by atoms with E-state index in [4.69, 9.17) is 4.74 Å². The molecule has 37 heavy (non-hydrogen) atoms. The summed E-state index contributed by atoms with van der Waals surface area (Å²) in [5.41, 5.74) is 2.34. The van der Waals surface area contributed by atoms with Crippen LogP contribution in [0.3, 0.4) is 0 Å². The molecule has 0 saturated carbocycles. The molecule has 190 valence electrons. The normalized spacial score (nSPS) is 10.8. The van der Waals surface area contributed by atoms with Crippen molar-refractivity contribution in [3.63, 3.8) is 0 Å². The van der Waals surface area contributed by atoms with Gasteiger partial charge < -0.3 is 15.4 Å². The number of nitrogens with zero attached hydrogens (tertiary/aromatic N) is 2. The lowest BCUT2D eigenvalue weighted by Crippen LogP contribution is -2.25. The molecule has 0 bridgehead atoms. The van der Waals surface area contributed by atoms with E-state index in [0.29, 0.717) is 35.5 Å². The average Bonchev–Trinajstić information content (AvgIpc) is 3.29. The fourth-order valence-corrected chi connectivity index (χ4v) is 4.93. The highest BCUT2D eigenvalue weighted by atomic mass is 32.1. The molecule has 0 fully saturated rings. The summed E-state index contributed by atoms with van der Waals surface area (Å²) in [7, 11) is 1.28. The molecule has 0 aliphatic heterocycles.